The molecule has 0 amide bonds. The van der Waals surface area contributed by atoms with E-state index < -0.39 is 11.4 Å². The van der Waals surface area contributed by atoms with E-state index in [1.165, 1.54) is 19.3 Å². The van der Waals surface area contributed by atoms with Crippen molar-refractivity contribution in [3.63, 3.8) is 0 Å². The average molecular weight is 254 g/mol. The summed E-state index contributed by atoms with van der Waals surface area (Å²) < 4.78 is 10.9. The van der Waals surface area contributed by atoms with Gasteiger partial charge in [0.15, 0.2) is 6.29 Å². The molecule has 0 radical (unpaired) electrons. The minimum absolute atomic E-state index is 0. The van der Waals surface area contributed by atoms with E-state index in [0.29, 0.717) is 0 Å². The Labute approximate surface area is 127 Å². The number of ether oxygens (including phenoxy) is 2. The van der Waals surface area contributed by atoms with Crippen molar-refractivity contribution in [1.29, 1.82) is 0 Å². The van der Waals surface area contributed by atoms with Crippen molar-refractivity contribution in [3.8, 4) is 0 Å². The summed E-state index contributed by atoms with van der Waals surface area (Å²) in [5, 5.41) is 8.97. The monoisotopic (exact) mass is 254 g/mol. The van der Waals surface area contributed by atoms with Gasteiger partial charge in [-0.25, -0.2) is 0 Å². The number of hydrogen-bond donors (Lipinski definition) is 1. The number of carboxylic acids is 1. The fourth-order valence-corrected chi connectivity index (χ4v) is 1.67. The van der Waals surface area contributed by atoms with Crippen molar-refractivity contribution in [2.24, 2.45) is 5.41 Å². The number of aliphatic carboxylic acids is 1. The summed E-state index contributed by atoms with van der Waals surface area (Å²) in [5.74, 6) is -0.850. The Morgan fingerprint density at radius 1 is 1.35 bits per heavy atom. The van der Waals surface area contributed by atoms with Crippen LogP contribution in [-0.4, -0.2) is 30.6 Å². The standard InChI is InChI=1S/C12H22O4.Na.H/c1-3-4-5-6-7-10-15-8-12(2,9-16-10)11(13)14;;/h10H,3-9H2,1-2H3,(H,13,14);;/q;+1;-1. The summed E-state index contributed by atoms with van der Waals surface area (Å²) in [5.41, 5.74) is -0.875. The first-order valence-electron chi connectivity index (χ1n) is 6.05. The molecule has 4 nitrogen and oxygen atoms in total. The molecule has 0 atom stereocenters. The van der Waals surface area contributed by atoms with Crippen LogP contribution in [0.15, 0.2) is 0 Å². The maximum absolute atomic E-state index is 10.9. The second-order valence-corrected chi connectivity index (χ2v) is 4.77. The third kappa shape index (κ3) is 5.71. The summed E-state index contributed by atoms with van der Waals surface area (Å²) >= 11 is 0. The molecule has 0 bridgehead atoms. The molecular formula is C12H23NaO4. The zero-order valence-corrected chi connectivity index (χ0v) is 13.2. The van der Waals surface area contributed by atoms with Crippen LogP contribution in [0, 0.1) is 5.41 Å². The zero-order valence-electron chi connectivity index (χ0n) is 12.2. The molecule has 1 N–H and O–H groups in total. The van der Waals surface area contributed by atoms with Crippen LogP contribution in [0.4, 0.5) is 0 Å². The van der Waals surface area contributed by atoms with Crippen LogP contribution in [0.25, 0.3) is 0 Å². The van der Waals surface area contributed by atoms with E-state index in [2.05, 4.69) is 6.92 Å². The minimum atomic E-state index is -0.875. The summed E-state index contributed by atoms with van der Waals surface area (Å²) in [6, 6.07) is 0. The Bertz CT molecular complexity index is 230. The van der Waals surface area contributed by atoms with Crippen LogP contribution in [-0.2, 0) is 14.3 Å². The van der Waals surface area contributed by atoms with E-state index in [0.717, 1.165) is 12.8 Å². The Morgan fingerprint density at radius 2 is 1.94 bits per heavy atom. The Kier molecular flexibility index (Phi) is 8.68. The summed E-state index contributed by atoms with van der Waals surface area (Å²) in [7, 11) is 0. The topological polar surface area (TPSA) is 55.8 Å². The molecule has 1 rings (SSSR count). The maximum Gasteiger partial charge on any atom is 1.00 e. The molecule has 17 heavy (non-hydrogen) atoms. The van der Waals surface area contributed by atoms with Gasteiger partial charge in [-0.05, 0) is 19.8 Å². The van der Waals surface area contributed by atoms with Crippen LogP contribution in [0.1, 0.15) is 47.4 Å². The van der Waals surface area contributed by atoms with Gasteiger partial charge in [-0.1, -0.05) is 26.2 Å². The molecule has 0 aromatic rings. The fourth-order valence-electron chi connectivity index (χ4n) is 1.67. The van der Waals surface area contributed by atoms with Crippen LogP contribution < -0.4 is 29.6 Å². The molecule has 5 heteroatoms. The van der Waals surface area contributed by atoms with E-state index >= 15 is 0 Å². The average Bonchev–Trinajstić information content (AvgIpc) is 2.27. The number of hydrogen-bond acceptors (Lipinski definition) is 3. The molecule has 0 spiro atoms. The molecule has 0 unspecified atom stereocenters. The van der Waals surface area contributed by atoms with Crippen molar-refractivity contribution in [2.45, 2.75) is 52.2 Å². The molecule has 0 aromatic heterocycles. The van der Waals surface area contributed by atoms with E-state index in [-0.39, 0.29) is 50.5 Å². The van der Waals surface area contributed by atoms with Crippen molar-refractivity contribution < 1.29 is 50.4 Å². The quantitative estimate of drug-likeness (QED) is 0.514. The molecule has 1 aliphatic rings. The Hall–Kier alpha value is 0.390. The number of rotatable bonds is 6. The van der Waals surface area contributed by atoms with Crippen LogP contribution in [0.2, 0.25) is 0 Å². The van der Waals surface area contributed by atoms with Gasteiger partial charge in [0.1, 0.15) is 5.41 Å². The number of carboxylic acid groups (broad SMARTS) is 1. The normalized spacial score (nSPS) is 28.5. The van der Waals surface area contributed by atoms with Crippen LogP contribution in [0.5, 0.6) is 0 Å². The van der Waals surface area contributed by atoms with Gasteiger partial charge in [0, 0.05) is 0 Å². The Morgan fingerprint density at radius 3 is 2.41 bits per heavy atom. The van der Waals surface area contributed by atoms with E-state index in [9.17, 15) is 4.79 Å². The van der Waals surface area contributed by atoms with Gasteiger partial charge >= 0.3 is 35.5 Å². The number of unbranched alkanes of at least 4 members (excludes halogenated alkanes) is 3. The molecule has 0 saturated carbocycles. The van der Waals surface area contributed by atoms with E-state index in [1.807, 2.05) is 0 Å². The van der Waals surface area contributed by atoms with Crippen molar-refractivity contribution >= 4 is 5.97 Å². The van der Waals surface area contributed by atoms with Gasteiger partial charge in [-0.2, -0.15) is 0 Å². The van der Waals surface area contributed by atoms with Gasteiger partial charge in [-0.15, -0.1) is 0 Å². The predicted octanol–water partition coefficient (Wildman–Crippen LogP) is -0.463. The molecule has 1 fully saturated rings. The van der Waals surface area contributed by atoms with Crippen LogP contribution in [0.3, 0.4) is 0 Å². The SMILES string of the molecule is CCCCCCC1OCC(C)(C(=O)O)CO1.[H-].[Na+]. The molecule has 1 saturated heterocycles. The van der Waals surface area contributed by atoms with Gasteiger partial charge in [-0.3, -0.25) is 4.79 Å². The molecule has 0 aliphatic carbocycles. The third-order valence-electron chi connectivity index (χ3n) is 2.99. The first-order chi connectivity index (χ1) is 7.58. The van der Waals surface area contributed by atoms with Crippen molar-refractivity contribution in [2.75, 3.05) is 13.2 Å². The molecule has 1 heterocycles. The largest absolute Gasteiger partial charge is 1.00 e. The van der Waals surface area contributed by atoms with Gasteiger partial charge in [0.25, 0.3) is 0 Å². The van der Waals surface area contributed by atoms with Crippen molar-refractivity contribution in [3.05, 3.63) is 0 Å². The minimum Gasteiger partial charge on any atom is -1.00 e. The predicted molar refractivity (Wildman–Crippen MR) is 61.3 cm³/mol. The first kappa shape index (κ1) is 17.4. The summed E-state index contributed by atoms with van der Waals surface area (Å²) in [6.45, 7) is 4.33. The van der Waals surface area contributed by atoms with Gasteiger partial charge < -0.3 is 16.0 Å². The second-order valence-electron chi connectivity index (χ2n) is 4.77. The first-order valence-corrected chi connectivity index (χ1v) is 6.05. The molecule has 1 aliphatic heterocycles. The summed E-state index contributed by atoms with van der Waals surface area (Å²) in [4.78, 5) is 10.9. The van der Waals surface area contributed by atoms with Crippen molar-refractivity contribution in [1.82, 2.24) is 0 Å². The van der Waals surface area contributed by atoms with Crippen LogP contribution >= 0.6 is 0 Å². The fraction of sp³-hybridized carbons (Fsp3) is 0.917. The van der Waals surface area contributed by atoms with Gasteiger partial charge in [0.2, 0.25) is 0 Å². The second kappa shape index (κ2) is 8.48. The van der Waals surface area contributed by atoms with E-state index in [4.69, 9.17) is 14.6 Å². The maximum atomic E-state index is 10.9. The smallest absolute Gasteiger partial charge is 1.00 e. The van der Waals surface area contributed by atoms with Gasteiger partial charge in [0.05, 0.1) is 13.2 Å². The third-order valence-corrected chi connectivity index (χ3v) is 2.99. The molecular weight excluding hydrogens is 231 g/mol. The molecule has 0 aromatic carbocycles. The zero-order chi connectivity index (χ0) is 12.0. The summed E-state index contributed by atoms with van der Waals surface area (Å²) in [6.07, 6.45) is 5.39. The Balaban J connectivity index is 0. The van der Waals surface area contributed by atoms with E-state index in [1.54, 1.807) is 6.92 Å². The molecule has 96 valence electrons. The number of carbonyl (C=O) groups is 1.